The van der Waals surface area contributed by atoms with E-state index in [0.29, 0.717) is 40.3 Å². The van der Waals surface area contributed by atoms with Gasteiger partial charge >= 0.3 is 0 Å². The SMILES string of the molecule is CCOc1ccc(C2=C(Nc3ccc(OC)cc3)C(=O)N(c3ccc(F)cc3F)C2=O)cc1. The van der Waals surface area contributed by atoms with Crippen LogP contribution in [0.3, 0.4) is 0 Å². The van der Waals surface area contributed by atoms with Gasteiger partial charge in [-0.2, -0.15) is 0 Å². The summed E-state index contributed by atoms with van der Waals surface area (Å²) < 4.78 is 38.5. The predicted octanol–water partition coefficient (Wildman–Crippen LogP) is 4.77. The molecule has 0 saturated carbocycles. The number of hydrogen-bond donors (Lipinski definition) is 1. The molecular formula is C25H20F2N2O4. The minimum absolute atomic E-state index is 0.0296. The van der Waals surface area contributed by atoms with E-state index in [2.05, 4.69) is 5.32 Å². The maximum Gasteiger partial charge on any atom is 0.282 e. The second kappa shape index (κ2) is 9.12. The molecule has 0 radical (unpaired) electrons. The summed E-state index contributed by atoms with van der Waals surface area (Å²) in [7, 11) is 1.53. The number of methoxy groups -OCH3 is 1. The molecule has 0 fully saturated rings. The lowest BCUT2D eigenvalue weighted by Crippen LogP contribution is -2.33. The van der Waals surface area contributed by atoms with Crippen molar-refractivity contribution in [1.82, 2.24) is 0 Å². The van der Waals surface area contributed by atoms with Crippen LogP contribution in [0.4, 0.5) is 20.2 Å². The molecule has 1 heterocycles. The zero-order valence-electron chi connectivity index (χ0n) is 17.9. The third-order valence-corrected chi connectivity index (χ3v) is 5.05. The Kier molecular flexibility index (Phi) is 6.08. The molecule has 3 aromatic rings. The van der Waals surface area contributed by atoms with Crippen molar-refractivity contribution >= 4 is 28.8 Å². The normalized spacial score (nSPS) is 13.5. The molecule has 1 N–H and O–H groups in total. The molecule has 1 aliphatic heterocycles. The molecule has 0 bridgehead atoms. The van der Waals surface area contributed by atoms with Gasteiger partial charge in [-0.05, 0) is 61.0 Å². The Bertz CT molecular complexity index is 1240. The third kappa shape index (κ3) is 4.27. The van der Waals surface area contributed by atoms with Crippen LogP contribution in [0.2, 0.25) is 0 Å². The van der Waals surface area contributed by atoms with Crippen LogP contribution in [-0.4, -0.2) is 25.5 Å². The van der Waals surface area contributed by atoms with E-state index < -0.39 is 23.4 Å². The van der Waals surface area contributed by atoms with E-state index in [9.17, 15) is 18.4 Å². The number of benzene rings is 3. The average Bonchev–Trinajstić information content (AvgIpc) is 3.05. The summed E-state index contributed by atoms with van der Waals surface area (Å²) in [5, 5.41) is 2.98. The number of halogens is 2. The van der Waals surface area contributed by atoms with Gasteiger partial charge in [0.2, 0.25) is 0 Å². The maximum atomic E-state index is 14.5. The molecule has 8 heteroatoms. The van der Waals surface area contributed by atoms with Crippen molar-refractivity contribution in [1.29, 1.82) is 0 Å². The van der Waals surface area contributed by atoms with Gasteiger partial charge < -0.3 is 14.8 Å². The zero-order chi connectivity index (χ0) is 23.5. The fraction of sp³-hybridized carbons (Fsp3) is 0.120. The van der Waals surface area contributed by atoms with E-state index >= 15 is 0 Å². The highest BCUT2D eigenvalue weighted by molar-refractivity contribution is 6.46. The number of imide groups is 1. The first-order valence-corrected chi connectivity index (χ1v) is 10.2. The summed E-state index contributed by atoms with van der Waals surface area (Å²) in [5.74, 6) is -2.11. The van der Waals surface area contributed by atoms with Gasteiger partial charge in [0.1, 0.15) is 28.8 Å². The van der Waals surface area contributed by atoms with Gasteiger partial charge in [0.05, 0.1) is 25.0 Å². The van der Waals surface area contributed by atoms with Gasteiger partial charge in [-0.25, -0.2) is 13.7 Å². The van der Waals surface area contributed by atoms with E-state index in [0.717, 1.165) is 12.1 Å². The number of ether oxygens (including phenoxy) is 2. The van der Waals surface area contributed by atoms with Gasteiger partial charge in [0, 0.05) is 11.8 Å². The average molecular weight is 450 g/mol. The fourth-order valence-electron chi connectivity index (χ4n) is 3.50. The molecule has 33 heavy (non-hydrogen) atoms. The lowest BCUT2D eigenvalue weighted by molar-refractivity contribution is -0.120. The van der Waals surface area contributed by atoms with E-state index in [1.54, 1.807) is 48.5 Å². The Hall–Kier alpha value is -4.20. The van der Waals surface area contributed by atoms with Crippen LogP contribution in [-0.2, 0) is 9.59 Å². The third-order valence-electron chi connectivity index (χ3n) is 5.05. The lowest BCUT2D eigenvalue weighted by atomic mass is 10.0. The number of carbonyl (C=O) groups excluding carboxylic acids is 2. The van der Waals surface area contributed by atoms with Crippen molar-refractivity contribution in [3.05, 3.63) is 89.6 Å². The van der Waals surface area contributed by atoms with E-state index in [1.807, 2.05) is 6.92 Å². The topological polar surface area (TPSA) is 67.9 Å². The zero-order valence-corrected chi connectivity index (χ0v) is 17.9. The first-order valence-electron chi connectivity index (χ1n) is 10.2. The Balaban J connectivity index is 1.79. The van der Waals surface area contributed by atoms with Gasteiger partial charge in [-0.15, -0.1) is 0 Å². The highest BCUT2D eigenvalue weighted by Gasteiger charge is 2.41. The van der Waals surface area contributed by atoms with E-state index in [1.165, 1.54) is 7.11 Å². The molecule has 3 aromatic carbocycles. The minimum atomic E-state index is -1.02. The van der Waals surface area contributed by atoms with Crippen LogP contribution in [0, 0.1) is 11.6 Å². The molecule has 0 aliphatic carbocycles. The highest BCUT2D eigenvalue weighted by Crippen LogP contribution is 2.35. The maximum absolute atomic E-state index is 14.5. The molecule has 0 aromatic heterocycles. The van der Waals surface area contributed by atoms with Crippen LogP contribution in [0.5, 0.6) is 11.5 Å². The summed E-state index contributed by atoms with van der Waals surface area (Å²) in [4.78, 5) is 27.4. The monoisotopic (exact) mass is 450 g/mol. The second-order valence-corrected chi connectivity index (χ2v) is 7.10. The van der Waals surface area contributed by atoms with E-state index in [-0.39, 0.29) is 17.0 Å². The lowest BCUT2D eigenvalue weighted by Gasteiger charge is -2.16. The number of amides is 2. The van der Waals surface area contributed by atoms with Crippen LogP contribution in [0.1, 0.15) is 12.5 Å². The molecule has 4 rings (SSSR count). The Labute approximate surface area is 189 Å². The minimum Gasteiger partial charge on any atom is -0.497 e. The number of carbonyl (C=O) groups is 2. The summed E-state index contributed by atoms with van der Waals surface area (Å²) >= 11 is 0. The van der Waals surface area contributed by atoms with Crippen molar-refractivity contribution < 1.29 is 27.8 Å². The highest BCUT2D eigenvalue weighted by atomic mass is 19.1. The fourth-order valence-corrected chi connectivity index (χ4v) is 3.50. The summed E-state index contributed by atoms with van der Waals surface area (Å²) in [6.07, 6.45) is 0. The van der Waals surface area contributed by atoms with Crippen molar-refractivity contribution in [2.45, 2.75) is 6.92 Å². The molecule has 0 atom stereocenters. The Morgan fingerprint density at radius 3 is 2.15 bits per heavy atom. The molecular weight excluding hydrogens is 430 g/mol. The molecule has 1 aliphatic rings. The first-order chi connectivity index (χ1) is 15.9. The first kappa shape index (κ1) is 22.0. The second-order valence-electron chi connectivity index (χ2n) is 7.10. The smallest absolute Gasteiger partial charge is 0.282 e. The van der Waals surface area contributed by atoms with Gasteiger partial charge in [0.15, 0.2) is 0 Å². The standard InChI is InChI=1S/C25H20F2N2O4/c1-3-33-19-9-4-15(5-10-19)22-23(28-17-7-11-18(32-2)12-8-17)25(31)29(24(22)30)21-13-6-16(26)14-20(21)27/h4-14,28H,3H2,1-2H3. The molecule has 0 unspecified atom stereocenters. The summed E-state index contributed by atoms with van der Waals surface area (Å²) in [5.41, 5.74) is 0.664. The molecule has 0 saturated heterocycles. The van der Waals surface area contributed by atoms with Gasteiger partial charge in [0.25, 0.3) is 11.8 Å². The number of nitrogens with one attached hydrogen (secondary N) is 1. The van der Waals surface area contributed by atoms with Crippen molar-refractivity contribution in [2.75, 3.05) is 23.9 Å². The van der Waals surface area contributed by atoms with Gasteiger partial charge in [-0.3, -0.25) is 9.59 Å². The summed E-state index contributed by atoms with van der Waals surface area (Å²) in [6.45, 7) is 2.32. The van der Waals surface area contributed by atoms with Crippen LogP contribution >= 0.6 is 0 Å². The van der Waals surface area contributed by atoms with Gasteiger partial charge in [-0.1, -0.05) is 12.1 Å². The number of rotatable bonds is 7. The van der Waals surface area contributed by atoms with Crippen LogP contribution in [0.15, 0.2) is 72.4 Å². The molecule has 0 spiro atoms. The Morgan fingerprint density at radius 2 is 1.55 bits per heavy atom. The number of nitrogens with zero attached hydrogens (tertiary/aromatic N) is 1. The van der Waals surface area contributed by atoms with Crippen LogP contribution in [0.25, 0.3) is 5.57 Å². The predicted molar refractivity (Wildman–Crippen MR) is 120 cm³/mol. The number of hydrogen-bond acceptors (Lipinski definition) is 5. The Morgan fingerprint density at radius 1 is 0.879 bits per heavy atom. The molecule has 2 amide bonds. The van der Waals surface area contributed by atoms with Crippen molar-refractivity contribution in [3.8, 4) is 11.5 Å². The molecule has 6 nitrogen and oxygen atoms in total. The van der Waals surface area contributed by atoms with E-state index in [4.69, 9.17) is 9.47 Å². The number of anilines is 2. The summed E-state index contributed by atoms with van der Waals surface area (Å²) in [6, 6.07) is 16.1. The van der Waals surface area contributed by atoms with Crippen LogP contribution < -0.4 is 19.7 Å². The largest absolute Gasteiger partial charge is 0.497 e. The van der Waals surface area contributed by atoms with Crippen molar-refractivity contribution in [3.63, 3.8) is 0 Å². The van der Waals surface area contributed by atoms with Crippen molar-refractivity contribution in [2.24, 2.45) is 0 Å². The molecule has 168 valence electrons. The quantitative estimate of drug-likeness (QED) is 0.526.